The molecule has 0 aromatic heterocycles. The molecule has 0 radical (unpaired) electrons. The molecule has 0 aliphatic carbocycles. The highest BCUT2D eigenvalue weighted by atomic mass is 16.6. The fourth-order valence-electron chi connectivity index (χ4n) is 2.39. The molecule has 0 rings (SSSR count). The third-order valence-corrected chi connectivity index (χ3v) is 3.63. The predicted octanol–water partition coefficient (Wildman–Crippen LogP) is 0.891. The number of aliphatic imine (C=N–C) groups is 1. The largest absolute Gasteiger partial charge is 0.465 e. The van der Waals surface area contributed by atoms with Crippen molar-refractivity contribution in [1.29, 1.82) is 0 Å². The quantitative estimate of drug-likeness (QED) is 0.198. The summed E-state index contributed by atoms with van der Waals surface area (Å²) in [4.78, 5) is 40.1. The second kappa shape index (κ2) is 10.4. The molecule has 0 bridgehead atoms. The van der Waals surface area contributed by atoms with Crippen molar-refractivity contribution in [2.45, 2.75) is 40.0 Å². The van der Waals surface area contributed by atoms with Gasteiger partial charge in [0.2, 0.25) is 5.91 Å². The van der Waals surface area contributed by atoms with Gasteiger partial charge < -0.3 is 20.9 Å². The molecule has 0 saturated carbocycles. The number of esters is 2. The number of allylic oxidation sites excluding steroid dienone is 1. The SMILES string of the molecule is C=CCC(C(=O)OCC)(C(=O)OCC)C(C)CCC(=O)N=C(N)N. The Labute approximate surface area is 142 Å². The molecule has 0 spiro atoms. The molecule has 0 aliphatic heterocycles. The Morgan fingerprint density at radius 1 is 1.17 bits per heavy atom. The van der Waals surface area contributed by atoms with Crippen LogP contribution < -0.4 is 11.5 Å². The number of hydrogen-bond acceptors (Lipinski definition) is 5. The van der Waals surface area contributed by atoms with Crippen LogP contribution >= 0.6 is 0 Å². The van der Waals surface area contributed by atoms with Crippen LogP contribution in [0, 0.1) is 11.3 Å². The van der Waals surface area contributed by atoms with Crippen LogP contribution in [0.3, 0.4) is 0 Å². The first-order valence-electron chi connectivity index (χ1n) is 7.83. The molecule has 1 atom stereocenters. The summed E-state index contributed by atoms with van der Waals surface area (Å²) >= 11 is 0. The van der Waals surface area contributed by atoms with E-state index in [-0.39, 0.29) is 38.4 Å². The smallest absolute Gasteiger partial charge is 0.324 e. The van der Waals surface area contributed by atoms with Gasteiger partial charge >= 0.3 is 11.9 Å². The zero-order chi connectivity index (χ0) is 18.8. The summed E-state index contributed by atoms with van der Waals surface area (Å²) in [6, 6.07) is 0. The van der Waals surface area contributed by atoms with Gasteiger partial charge in [0.15, 0.2) is 11.4 Å². The van der Waals surface area contributed by atoms with Gasteiger partial charge in [-0.25, -0.2) is 0 Å². The number of nitrogens with two attached hydrogens (primary N) is 2. The van der Waals surface area contributed by atoms with Gasteiger partial charge in [-0.1, -0.05) is 13.0 Å². The molecular weight excluding hydrogens is 314 g/mol. The van der Waals surface area contributed by atoms with Crippen molar-refractivity contribution in [3.05, 3.63) is 12.7 Å². The lowest BCUT2D eigenvalue weighted by Crippen LogP contribution is -2.47. The molecule has 0 heterocycles. The van der Waals surface area contributed by atoms with Crippen molar-refractivity contribution in [3.8, 4) is 0 Å². The molecule has 0 saturated heterocycles. The van der Waals surface area contributed by atoms with E-state index in [0.717, 1.165) is 0 Å². The fraction of sp³-hybridized carbons (Fsp3) is 0.625. The molecule has 1 unspecified atom stereocenters. The number of guanidine groups is 1. The van der Waals surface area contributed by atoms with Crippen LogP contribution in [0.2, 0.25) is 0 Å². The van der Waals surface area contributed by atoms with Crippen LogP contribution in [-0.2, 0) is 23.9 Å². The normalized spacial score (nSPS) is 12.0. The Kier molecular flexibility index (Phi) is 9.37. The summed E-state index contributed by atoms with van der Waals surface area (Å²) in [5.74, 6) is -2.77. The van der Waals surface area contributed by atoms with E-state index < -0.39 is 29.2 Å². The van der Waals surface area contributed by atoms with Crippen LogP contribution in [-0.4, -0.2) is 37.0 Å². The third-order valence-electron chi connectivity index (χ3n) is 3.63. The number of nitrogens with zero attached hydrogens (tertiary/aromatic N) is 1. The van der Waals surface area contributed by atoms with Crippen molar-refractivity contribution in [3.63, 3.8) is 0 Å². The molecule has 8 nitrogen and oxygen atoms in total. The Morgan fingerprint density at radius 3 is 2.04 bits per heavy atom. The molecule has 136 valence electrons. The van der Waals surface area contributed by atoms with Gasteiger partial charge in [-0.2, -0.15) is 4.99 Å². The zero-order valence-electron chi connectivity index (χ0n) is 14.5. The maximum atomic E-state index is 12.5. The van der Waals surface area contributed by atoms with Gasteiger partial charge in [-0.3, -0.25) is 14.4 Å². The lowest BCUT2D eigenvalue weighted by Gasteiger charge is -2.33. The first-order valence-corrected chi connectivity index (χ1v) is 7.83. The van der Waals surface area contributed by atoms with Crippen LogP contribution in [0.4, 0.5) is 0 Å². The van der Waals surface area contributed by atoms with Crippen molar-refractivity contribution in [2.24, 2.45) is 27.8 Å². The summed E-state index contributed by atoms with van der Waals surface area (Å²) < 4.78 is 10.2. The topological polar surface area (TPSA) is 134 Å². The van der Waals surface area contributed by atoms with Gasteiger partial charge in [0.25, 0.3) is 0 Å². The second-order valence-electron chi connectivity index (χ2n) is 5.28. The molecule has 0 aliphatic rings. The molecule has 0 aromatic rings. The minimum Gasteiger partial charge on any atom is -0.465 e. The summed E-state index contributed by atoms with van der Waals surface area (Å²) in [5.41, 5.74) is 8.76. The number of hydrogen-bond donors (Lipinski definition) is 2. The fourth-order valence-corrected chi connectivity index (χ4v) is 2.39. The maximum absolute atomic E-state index is 12.5. The second-order valence-corrected chi connectivity index (χ2v) is 5.28. The maximum Gasteiger partial charge on any atom is 0.324 e. The van der Waals surface area contributed by atoms with E-state index >= 15 is 0 Å². The summed E-state index contributed by atoms with van der Waals surface area (Å²) in [7, 11) is 0. The lowest BCUT2D eigenvalue weighted by molar-refractivity contribution is -0.176. The number of ether oxygens (including phenoxy) is 2. The van der Waals surface area contributed by atoms with Gasteiger partial charge in [0.05, 0.1) is 13.2 Å². The molecule has 1 amide bonds. The standard InChI is InChI=1S/C16H27N3O5/c1-5-10-16(13(21)23-6-2,14(22)24-7-3)11(4)8-9-12(20)19-15(17)18/h5,11H,1,6-10H2,2-4H3,(H4,17,18,19,20). The minimum absolute atomic E-state index is 0.0171. The van der Waals surface area contributed by atoms with Crippen LogP contribution in [0.25, 0.3) is 0 Å². The van der Waals surface area contributed by atoms with Gasteiger partial charge in [-0.15, -0.1) is 6.58 Å². The van der Waals surface area contributed by atoms with Crippen molar-refractivity contribution < 1.29 is 23.9 Å². The number of carbonyl (C=O) groups is 3. The number of rotatable bonds is 10. The minimum atomic E-state index is -1.55. The zero-order valence-corrected chi connectivity index (χ0v) is 14.5. The average molecular weight is 341 g/mol. The highest BCUT2D eigenvalue weighted by Gasteiger charge is 2.52. The van der Waals surface area contributed by atoms with E-state index in [9.17, 15) is 14.4 Å². The van der Waals surface area contributed by atoms with Gasteiger partial charge in [-0.05, 0) is 32.6 Å². The summed E-state index contributed by atoms with van der Waals surface area (Å²) in [5, 5.41) is 0. The monoisotopic (exact) mass is 341 g/mol. The molecule has 24 heavy (non-hydrogen) atoms. The molecule has 8 heteroatoms. The van der Waals surface area contributed by atoms with Crippen LogP contribution in [0.1, 0.15) is 40.0 Å². The lowest BCUT2D eigenvalue weighted by atomic mass is 9.71. The average Bonchev–Trinajstić information content (AvgIpc) is 2.49. The highest BCUT2D eigenvalue weighted by Crippen LogP contribution is 2.38. The van der Waals surface area contributed by atoms with Crippen LogP contribution in [0.5, 0.6) is 0 Å². The number of amides is 1. The van der Waals surface area contributed by atoms with Crippen molar-refractivity contribution in [2.75, 3.05) is 13.2 Å². The Balaban J connectivity index is 5.51. The Bertz CT molecular complexity index is 480. The number of carbonyl (C=O) groups excluding carboxylic acids is 3. The van der Waals surface area contributed by atoms with Gasteiger partial charge in [0.1, 0.15) is 0 Å². The van der Waals surface area contributed by atoms with Crippen LogP contribution in [0.15, 0.2) is 17.6 Å². The first-order chi connectivity index (χ1) is 11.3. The Morgan fingerprint density at radius 2 is 1.67 bits per heavy atom. The molecule has 0 aromatic carbocycles. The predicted molar refractivity (Wildman–Crippen MR) is 89.7 cm³/mol. The molecule has 4 N–H and O–H groups in total. The summed E-state index contributed by atoms with van der Waals surface area (Å²) in [6.45, 7) is 8.83. The van der Waals surface area contributed by atoms with Crippen molar-refractivity contribution >= 4 is 23.8 Å². The Hall–Kier alpha value is -2.38. The van der Waals surface area contributed by atoms with E-state index in [4.69, 9.17) is 20.9 Å². The van der Waals surface area contributed by atoms with E-state index in [1.54, 1.807) is 20.8 Å². The third kappa shape index (κ3) is 5.68. The van der Waals surface area contributed by atoms with E-state index in [2.05, 4.69) is 11.6 Å². The van der Waals surface area contributed by atoms with E-state index in [0.29, 0.717) is 0 Å². The molecule has 0 fully saturated rings. The molecular formula is C16H27N3O5. The van der Waals surface area contributed by atoms with E-state index in [1.807, 2.05) is 0 Å². The highest BCUT2D eigenvalue weighted by molar-refractivity contribution is 6.00. The van der Waals surface area contributed by atoms with Gasteiger partial charge in [0, 0.05) is 6.42 Å². The summed E-state index contributed by atoms with van der Waals surface area (Å²) in [6.07, 6.45) is 1.70. The first kappa shape index (κ1) is 21.6. The van der Waals surface area contributed by atoms with Crippen molar-refractivity contribution in [1.82, 2.24) is 0 Å². The van der Waals surface area contributed by atoms with E-state index in [1.165, 1.54) is 6.08 Å².